The molecule has 1 aromatic rings. The molecular weight excluding hydrogens is 268 g/mol. The highest BCUT2D eigenvalue weighted by molar-refractivity contribution is 7.89. The second-order valence-corrected chi connectivity index (χ2v) is 6.81. The Morgan fingerprint density at radius 1 is 1.28 bits per heavy atom. The number of hydrogen-bond donors (Lipinski definition) is 2. The molecule has 0 fully saturated rings. The topological polar surface area (TPSA) is 58.2 Å². The standard InChI is InChI=1S/C12H22N2O2S2/c1-4-10(5-2)14-18(15,16)12-7-8-17-11(12)9-13-6-3/h7-8,10,13-14H,4-6,9H2,1-3H3. The van der Waals surface area contributed by atoms with E-state index in [1.807, 2.05) is 26.2 Å². The van der Waals surface area contributed by atoms with Crippen LogP contribution in [0.25, 0.3) is 0 Å². The van der Waals surface area contributed by atoms with Gasteiger partial charge >= 0.3 is 0 Å². The van der Waals surface area contributed by atoms with E-state index in [2.05, 4.69) is 10.0 Å². The third-order valence-corrected chi connectivity index (χ3v) is 5.49. The maximum atomic E-state index is 12.3. The Hall–Kier alpha value is -0.430. The zero-order chi connectivity index (χ0) is 13.6. The first-order valence-electron chi connectivity index (χ1n) is 6.34. The van der Waals surface area contributed by atoms with Crippen LogP contribution < -0.4 is 10.0 Å². The Labute approximate surface area is 114 Å². The summed E-state index contributed by atoms with van der Waals surface area (Å²) < 4.78 is 27.3. The fraction of sp³-hybridized carbons (Fsp3) is 0.667. The first kappa shape index (κ1) is 15.6. The smallest absolute Gasteiger partial charge is 0.241 e. The van der Waals surface area contributed by atoms with Gasteiger partial charge in [-0.3, -0.25) is 0 Å². The second-order valence-electron chi connectivity index (χ2n) is 4.12. The number of hydrogen-bond acceptors (Lipinski definition) is 4. The molecule has 0 unspecified atom stereocenters. The summed E-state index contributed by atoms with van der Waals surface area (Å²) in [7, 11) is -3.38. The van der Waals surface area contributed by atoms with Crippen LogP contribution in [0.3, 0.4) is 0 Å². The average molecular weight is 290 g/mol. The molecule has 104 valence electrons. The number of sulfonamides is 1. The van der Waals surface area contributed by atoms with Crippen LogP contribution in [-0.4, -0.2) is 21.0 Å². The zero-order valence-electron chi connectivity index (χ0n) is 11.2. The Morgan fingerprint density at radius 3 is 2.50 bits per heavy atom. The van der Waals surface area contributed by atoms with Crippen molar-refractivity contribution in [3.8, 4) is 0 Å². The van der Waals surface area contributed by atoms with Gasteiger partial charge in [-0.2, -0.15) is 0 Å². The van der Waals surface area contributed by atoms with Crippen molar-refractivity contribution in [3.05, 3.63) is 16.3 Å². The normalized spacial score (nSPS) is 12.2. The lowest BCUT2D eigenvalue weighted by Gasteiger charge is -2.15. The molecule has 18 heavy (non-hydrogen) atoms. The molecule has 1 rings (SSSR count). The van der Waals surface area contributed by atoms with Crippen LogP contribution >= 0.6 is 11.3 Å². The summed E-state index contributed by atoms with van der Waals surface area (Å²) in [6, 6.07) is 1.70. The van der Waals surface area contributed by atoms with E-state index in [9.17, 15) is 8.42 Å². The Morgan fingerprint density at radius 2 is 1.94 bits per heavy atom. The largest absolute Gasteiger partial charge is 0.312 e. The Balaban J connectivity index is 2.87. The van der Waals surface area contributed by atoms with Crippen molar-refractivity contribution in [3.63, 3.8) is 0 Å². The van der Waals surface area contributed by atoms with E-state index in [4.69, 9.17) is 0 Å². The van der Waals surface area contributed by atoms with Crippen LogP contribution in [0, 0.1) is 0 Å². The molecular formula is C12H22N2O2S2. The molecule has 2 N–H and O–H groups in total. The van der Waals surface area contributed by atoms with Crippen LogP contribution in [0.4, 0.5) is 0 Å². The molecule has 6 heteroatoms. The van der Waals surface area contributed by atoms with E-state index in [0.717, 1.165) is 24.3 Å². The van der Waals surface area contributed by atoms with Crippen molar-refractivity contribution in [2.45, 2.75) is 51.1 Å². The molecule has 4 nitrogen and oxygen atoms in total. The van der Waals surface area contributed by atoms with Crippen LogP contribution in [-0.2, 0) is 16.6 Å². The van der Waals surface area contributed by atoms with E-state index in [-0.39, 0.29) is 6.04 Å². The summed E-state index contributed by atoms with van der Waals surface area (Å²) in [5.74, 6) is 0. The second kappa shape index (κ2) is 7.23. The quantitative estimate of drug-likeness (QED) is 0.772. The van der Waals surface area contributed by atoms with Gasteiger partial charge in [-0.15, -0.1) is 11.3 Å². The van der Waals surface area contributed by atoms with Gasteiger partial charge in [-0.25, -0.2) is 13.1 Å². The molecule has 1 heterocycles. The fourth-order valence-electron chi connectivity index (χ4n) is 1.67. The summed E-state index contributed by atoms with van der Waals surface area (Å²) >= 11 is 1.48. The van der Waals surface area contributed by atoms with Crippen LogP contribution in [0.2, 0.25) is 0 Å². The maximum Gasteiger partial charge on any atom is 0.241 e. The van der Waals surface area contributed by atoms with Crippen molar-refractivity contribution in [2.75, 3.05) is 6.54 Å². The van der Waals surface area contributed by atoms with E-state index in [1.54, 1.807) is 6.07 Å². The van der Waals surface area contributed by atoms with E-state index in [0.29, 0.717) is 11.4 Å². The molecule has 0 aliphatic carbocycles. The molecule has 0 saturated heterocycles. The average Bonchev–Trinajstić information content (AvgIpc) is 2.82. The zero-order valence-corrected chi connectivity index (χ0v) is 12.8. The summed E-state index contributed by atoms with van der Waals surface area (Å²) in [5.41, 5.74) is 0. The fourth-order valence-corrected chi connectivity index (χ4v) is 4.49. The molecule has 1 aromatic heterocycles. The molecule has 0 amide bonds. The predicted molar refractivity (Wildman–Crippen MR) is 76.4 cm³/mol. The lowest BCUT2D eigenvalue weighted by atomic mass is 10.2. The number of thiophene rings is 1. The first-order chi connectivity index (χ1) is 8.55. The van der Waals surface area contributed by atoms with Crippen LogP contribution in [0.1, 0.15) is 38.5 Å². The Kier molecular flexibility index (Phi) is 6.28. The van der Waals surface area contributed by atoms with Crippen LogP contribution in [0.5, 0.6) is 0 Å². The summed E-state index contributed by atoms with van der Waals surface area (Å²) in [5, 5.41) is 4.99. The minimum absolute atomic E-state index is 0.0156. The van der Waals surface area contributed by atoms with Crippen LogP contribution in [0.15, 0.2) is 16.3 Å². The van der Waals surface area contributed by atoms with Gasteiger partial charge < -0.3 is 5.32 Å². The van der Waals surface area contributed by atoms with E-state index >= 15 is 0 Å². The van der Waals surface area contributed by atoms with Crippen molar-refractivity contribution >= 4 is 21.4 Å². The predicted octanol–water partition coefficient (Wildman–Crippen LogP) is 2.32. The highest BCUT2D eigenvalue weighted by Gasteiger charge is 2.21. The molecule has 0 radical (unpaired) electrons. The molecule has 0 saturated carbocycles. The summed E-state index contributed by atoms with van der Waals surface area (Å²) in [6.45, 7) is 7.42. The van der Waals surface area contributed by atoms with Crippen molar-refractivity contribution < 1.29 is 8.42 Å². The molecule has 0 spiro atoms. The lowest BCUT2D eigenvalue weighted by Crippen LogP contribution is -2.34. The minimum atomic E-state index is -3.38. The highest BCUT2D eigenvalue weighted by Crippen LogP contribution is 2.22. The Bertz CT molecular complexity index is 450. The monoisotopic (exact) mass is 290 g/mol. The summed E-state index contributed by atoms with van der Waals surface area (Å²) in [4.78, 5) is 1.29. The molecule has 0 aromatic carbocycles. The van der Waals surface area contributed by atoms with Gasteiger partial charge in [0.2, 0.25) is 10.0 Å². The third-order valence-electron chi connectivity index (χ3n) is 2.84. The van der Waals surface area contributed by atoms with Crippen molar-refractivity contribution in [1.82, 2.24) is 10.0 Å². The molecule has 0 aliphatic heterocycles. The van der Waals surface area contributed by atoms with Gasteiger partial charge in [0, 0.05) is 17.5 Å². The van der Waals surface area contributed by atoms with E-state index < -0.39 is 10.0 Å². The highest BCUT2D eigenvalue weighted by atomic mass is 32.2. The van der Waals surface area contributed by atoms with Crippen molar-refractivity contribution in [1.29, 1.82) is 0 Å². The molecule has 0 aliphatic rings. The lowest BCUT2D eigenvalue weighted by molar-refractivity contribution is 0.529. The summed E-state index contributed by atoms with van der Waals surface area (Å²) in [6.07, 6.45) is 1.62. The minimum Gasteiger partial charge on any atom is -0.312 e. The first-order valence-corrected chi connectivity index (χ1v) is 8.70. The van der Waals surface area contributed by atoms with Crippen molar-refractivity contribution in [2.24, 2.45) is 0 Å². The number of rotatable bonds is 8. The van der Waals surface area contributed by atoms with Gasteiger partial charge in [0.15, 0.2) is 0 Å². The molecule has 0 atom stereocenters. The van der Waals surface area contributed by atoms with Gasteiger partial charge in [-0.1, -0.05) is 20.8 Å². The van der Waals surface area contributed by atoms with E-state index in [1.165, 1.54) is 11.3 Å². The van der Waals surface area contributed by atoms with Gasteiger partial charge in [0.1, 0.15) is 0 Å². The third kappa shape index (κ3) is 4.05. The maximum absolute atomic E-state index is 12.3. The van der Waals surface area contributed by atoms with Gasteiger partial charge in [-0.05, 0) is 30.8 Å². The van der Waals surface area contributed by atoms with Gasteiger partial charge in [0.25, 0.3) is 0 Å². The van der Waals surface area contributed by atoms with Gasteiger partial charge in [0.05, 0.1) is 4.90 Å². The number of nitrogens with one attached hydrogen (secondary N) is 2. The SMILES string of the molecule is CCNCc1sccc1S(=O)(=O)NC(CC)CC. The molecule has 0 bridgehead atoms.